The number of rotatable bonds is 4. The zero-order valence-electron chi connectivity index (χ0n) is 15.7. The highest BCUT2D eigenvalue weighted by molar-refractivity contribution is 5.74. The molecule has 2 heterocycles. The number of halogens is 3. The molecular formula is C20H23F3N4O2. The van der Waals surface area contributed by atoms with Gasteiger partial charge in [0.05, 0.1) is 16.6 Å². The van der Waals surface area contributed by atoms with E-state index < -0.39 is 11.7 Å². The molecule has 1 aliphatic rings. The lowest BCUT2D eigenvalue weighted by atomic mass is 10.1. The number of imidazole rings is 1. The number of aromatic amines is 1. The van der Waals surface area contributed by atoms with Crippen LogP contribution < -0.4 is 10.6 Å². The maximum atomic E-state index is 12.9. The second-order valence-electron chi connectivity index (χ2n) is 6.98. The summed E-state index contributed by atoms with van der Waals surface area (Å²) < 4.78 is 40.5. The van der Waals surface area contributed by atoms with Crippen LogP contribution in [-0.4, -0.2) is 52.7 Å². The number of fused-ring (bicyclic) bond motifs is 1. The molecule has 0 unspecified atom stereocenters. The van der Waals surface area contributed by atoms with Crippen LogP contribution in [0, 0.1) is 0 Å². The van der Waals surface area contributed by atoms with E-state index in [1.54, 1.807) is 10.6 Å². The van der Waals surface area contributed by atoms with Gasteiger partial charge in [-0.3, -0.25) is 9.47 Å². The van der Waals surface area contributed by atoms with Crippen LogP contribution in [0.25, 0.3) is 11.0 Å². The molecule has 1 aliphatic heterocycles. The van der Waals surface area contributed by atoms with Crippen molar-refractivity contribution in [2.75, 3.05) is 37.6 Å². The first-order chi connectivity index (χ1) is 13.4. The number of anilines is 1. The third-order valence-electron chi connectivity index (χ3n) is 5.23. The number of H-pyrrole nitrogens is 1. The van der Waals surface area contributed by atoms with Crippen LogP contribution in [0.15, 0.2) is 53.3 Å². The van der Waals surface area contributed by atoms with Gasteiger partial charge in [-0.05, 0) is 30.3 Å². The predicted molar refractivity (Wildman–Crippen MR) is 106 cm³/mol. The molecule has 1 aromatic heterocycles. The van der Waals surface area contributed by atoms with Crippen molar-refractivity contribution in [3.63, 3.8) is 0 Å². The summed E-state index contributed by atoms with van der Waals surface area (Å²) in [5.74, 6) is 0. The molecule has 2 aromatic carbocycles. The van der Waals surface area contributed by atoms with Gasteiger partial charge < -0.3 is 15.4 Å². The van der Waals surface area contributed by atoms with E-state index in [1.165, 1.54) is 12.1 Å². The van der Waals surface area contributed by atoms with Crippen LogP contribution >= 0.6 is 0 Å². The van der Waals surface area contributed by atoms with E-state index in [-0.39, 0.29) is 11.2 Å². The van der Waals surface area contributed by atoms with Crippen molar-refractivity contribution in [2.45, 2.75) is 12.7 Å². The van der Waals surface area contributed by atoms with Crippen LogP contribution in [0.3, 0.4) is 0 Å². The lowest BCUT2D eigenvalue weighted by Gasteiger charge is -2.36. The molecule has 0 spiro atoms. The monoisotopic (exact) mass is 408 g/mol. The Morgan fingerprint density at radius 1 is 0.931 bits per heavy atom. The first-order valence-corrected chi connectivity index (χ1v) is 9.24. The van der Waals surface area contributed by atoms with Gasteiger partial charge >= 0.3 is 11.9 Å². The average Bonchev–Trinajstić information content (AvgIpc) is 3.01. The fraction of sp³-hybridized carbons (Fsp3) is 0.350. The lowest BCUT2D eigenvalue weighted by molar-refractivity contribution is -0.137. The third kappa shape index (κ3) is 4.46. The topological polar surface area (TPSA) is 75.8 Å². The molecule has 0 atom stereocenters. The van der Waals surface area contributed by atoms with Gasteiger partial charge in [0, 0.05) is 45.0 Å². The summed E-state index contributed by atoms with van der Waals surface area (Å²) in [4.78, 5) is 19.2. The Hall–Kier alpha value is -2.78. The fourth-order valence-electron chi connectivity index (χ4n) is 3.68. The molecule has 0 aliphatic carbocycles. The van der Waals surface area contributed by atoms with E-state index in [0.717, 1.165) is 36.7 Å². The van der Waals surface area contributed by atoms with Crippen LogP contribution in [0.4, 0.5) is 18.9 Å². The molecule has 0 saturated carbocycles. The molecule has 3 aromatic rings. The number of benzene rings is 2. The number of piperazine rings is 1. The van der Waals surface area contributed by atoms with E-state index >= 15 is 0 Å². The second kappa shape index (κ2) is 8.30. The first kappa shape index (κ1) is 20.9. The number of nitrogens with zero attached hydrogens (tertiary/aromatic N) is 3. The molecule has 3 N–H and O–H groups in total. The van der Waals surface area contributed by atoms with Gasteiger partial charge in [0.25, 0.3) is 0 Å². The van der Waals surface area contributed by atoms with Crippen molar-refractivity contribution in [2.24, 2.45) is 0 Å². The molecule has 9 heteroatoms. The lowest BCUT2D eigenvalue weighted by Crippen LogP contribution is -2.47. The number of aromatic nitrogens is 2. The number of nitrogens with one attached hydrogen (secondary N) is 1. The minimum atomic E-state index is -4.33. The minimum absolute atomic E-state index is 0. The highest BCUT2D eigenvalue weighted by Crippen LogP contribution is 2.31. The molecular weight excluding hydrogens is 385 g/mol. The van der Waals surface area contributed by atoms with E-state index in [1.807, 2.05) is 29.2 Å². The predicted octanol–water partition coefficient (Wildman–Crippen LogP) is 2.35. The van der Waals surface area contributed by atoms with Crippen molar-refractivity contribution < 1.29 is 18.6 Å². The van der Waals surface area contributed by atoms with Crippen molar-refractivity contribution in [1.29, 1.82) is 0 Å². The Balaban J connectivity index is 0.00000240. The molecule has 0 amide bonds. The first-order valence-electron chi connectivity index (χ1n) is 9.24. The summed E-state index contributed by atoms with van der Waals surface area (Å²) in [5, 5.41) is 0. The summed E-state index contributed by atoms with van der Waals surface area (Å²) in [6.45, 7) is 4.10. The Bertz CT molecular complexity index is 1020. The van der Waals surface area contributed by atoms with Gasteiger partial charge in [0.15, 0.2) is 0 Å². The summed E-state index contributed by atoms with van der Waals surface area (Å²) >= 11 is 0. The Labute approximate surface area is 165 Å². The highest BCUT2D eigenvalue weighted by Gasteiger charge is 2.31. The number of alkyl halides is 3. The van der Waals surface area contributed by atoms with Gasteiger partial charge in [0.2, 0.25) is 0 Å². The van der Waals surface area contributed by atoms with Gasteiger partial charge in [-0.25, -0.2) is 4.79 Å². The van der Waals surface area contributed by atoms with Gasteiger partial charge in [0.1, 0.15) is 0 Å². The van der Waals surface area contributed by atoms with E-state index in [2.05, 4.69) is 9.88 Å². The number of hydrogen-bond acceptors (Lipinski definition) is 3. The molecule has 4 rings (SSSR count). The van der Waals surface area contributed by atoms with E-state index in [4.69, 9.17) is 0 Å². The number of hydrogen-bond donors (Lipinski definition) is 1. The number of para-hydroxylation sites is 2. The van der Waals surface area contributed by atoms with Crippen molar-refractivity contribution >= 4 is 16.7 Å². The average molecular weight is 408 g/mol. The molecule has 1 fully saturated rings. The molecule has 0 bridgehead atoms. The molecule has 0 radical (unpaired) electrons. The SMILES string of the molecule is O.O=c1[nH]c2ccccc2n1CCN1CCN(c2cccc(C(F)(F)F)c2)CC1. The smallest absolute Gasteiger partial charge is 0.412 e. The van der Waals surface area contributed by atoms with Crippen molar-refractivity contribution in [3.05, 3.63) is 64.6 Å². The summed E-state index contributed by atoms with van der Waals surface area (Å²) in [7, 11) is 0. The zero-order chi connectivity index (χ0) is 19.7. The quantitative estimate of drug-likeness (QED) is 0.720. The largest absolute Gasteiger partial charge is 0.416 e. The Morgan fingerprint density at radius 2 is 1.66 bits per heavy atom. The molecule has 6 nitrogen and oxygen atoms in total. The highest BCUT2D eigenvalue weighted by atomic mass is 19.4. The van der Waals surface area contributed by atoms with Gasteiger partial charge in [-0.15, -0.1) is 0 Å². The second-order valence-corrected chi connectivity index (χ2v) is 6.98. The standard InChI is InChI=1S/C20H21F3N4O.H2O/c21-20(22,23)15-4-3-5-16(14-15)26-11-8-25(9-12-26)10-13-27-18-7-2-1-6-17(18)24-19(27)28;/h1-7,14H,8-13H2,(H,24,28);1H2. The maximum absolute atomic E-state index is 12.9. The van der Waals surface area contributed by atoms with Crippen LogP contribution in [0.2, 0.25) is 0 Å². The van der Waals surface area contributed by atoms with Crippen molar-refractivity contribution in [1.82, 2.24) is 14.5 Å². The van der Waals surface area contributed by atoms with Gasteiger partial charge in [-0.1, -0.05) is 18.2 Å². The van der Waals surface area contributed by atoms with Gasteiger partial charge in [-0.2, -0.15) is 13.2 Å². The third-order valence-corrected chi connectivity index (χ3v) is 5.23. The normalized spacial score (nSPS) is 15.5. The molecule has 1 saturated heterocycles. The Kier molecular flexibility index (Phi) is 5.99. The minimum Gasteiger partial charge on any atom is -0.412 e. The fourth-order valence-corrected chi connectivity index (χ4v) is 3.68. The molecule has 156 valence electrons. The summed E-state index contributed by atoms with van der Waals surface area (Å²) in [6.07, 6.45) is -4.33. The van der Waals surface area contributed by atoms with E-state index in [0.29, 0.717) is 25.3 Å². The van der Waals surface area contributed by atoms with E-state index in [9.17, 15) is 18.0 Å². The zero-order valence-corrected chi connectivity index (χ0v) is 15.7. The molecule has 29 heavy (non-hydrogen) atoms. The summed E-state index contributed by atoms with van der Waals surface area (Å²) in [5.41, 5.74) is 1.56. The van der Waals surface area contributed by atoms with Crippen LogP contribution in [0.5, 0.6) is 0 Å². The van der Waals surface area contributed by atoms with Crippen LogP contribution in [0.1, 0.15) is 5.56 Å². The Morgan fingerprint density at radius 3 is 2.38 bits per heavy atom. The van der Waals surface area contributed by atoms with Crippen molar-refractivity contribution in [3.8, 4) is 0 Å². The maximum Gasteiger partial charge on any atom is 0.416 e. The summed E-state index contributed by atoms with van der Waals surface area (Å²) in [6, 6.07) is 13.1. The van der Waals surface area contributed by atoms with Crippen LogP contribution in [-0.2, 0) is 12.7 Å².